The molecule has 0 radical (unpaired) electrons. The summed E-state index contributed by atoms with van der Waals surface area (Å²) in [6.07, 6.45) is 1.71. The van der Waals surface area contributed by atoms with Crippen molar-refractivity contribution in [3.8, 4) is 16.9 Å². The summed E-state index contributed by atoms with van der Waals surface area (Å²) in [6, 6.07) is 13.2. The molecule has 2 aromatic carbocycles. The third kappa shape index (κ3) is 2.70. The Morgan fingerprint density at radius 1 is 1.00 bits per heavy atom. The number of rotatable bonds is 3. The van der Waals surface area contributed by atoms with Gasteiger partial charge in [-0.25, -0.2) is 4.79 Å². The monoisotopic (exact) mass is 450 g/mol. The molecule has 0 unspecified atom stereocenters. The van der Waals surface area contributed by atoms with Gasteiger partial charge in [0.2, 0.25) is 5.78 Å². The van der Waals surface area contributed by atoms with Gasteiger partial charge < -0.3 is 0 Å². The smallest absolute Gasteiger partial charge is 0.279 e. The maximum atomic E-state index is 12.9. The number of benzene rings is 2. The standard InChI is InChI=1S/C21H15ClN6O4/c1-24-18-17(19(29)25(2)21(24)30)26-11-16(12-7-9-13(10-8-12)28(31)32)27(20(26)23-18)15-6-4-3-5-14(15)22/h3-11H,1-2H3. The predicted octanol–water partition coefficient (Wildman–Crippen LogP) is 2.90. The van der Waals surface area contributed by atoms with Crippen molar-refractivity contribution in [1.29, 1.82) is 0 Å². The number of hydrogen-bond acceptors (Lipinski definition) is 5. The molecule has 5 aromatic rings. The third-order valence-electron chi connectivity index (χ3n) is 5.43. The lowest BCUT2D eigenvalue weighted by atomic mass is 10.1. The minimum absolute atomic E-state index is 0.0382. The van der Waals surface area contributed by atoms with Gasteiger partial charge in [0.15, 0.2) is 11.2 Å². The molecule has 0 fully saturated rings. The highest BCUT2D eigenvalue weighted by Crippen LogP contribution is 2.32. The molecule has 32 heavy (non-hydrogen) atoms. The number of fused-ring (bicyclic) bond motifs is 3. The van der Waals surface area contributed by atoms with E-state index in [4.69, 9.17) is 11.6 Å². The zero-order chi connectivity index (χ0) is 22.7. The topological polar surface area (TPSA) is 109 Å². The minimum Gasteiger partial charge on any atom is -0.279 e. The SMILES string of the molecule is Cn1c(=O)c2c(nc3n(-c4ccccc4Cl)c(-c4ccc([N+](=O)[O-])cc4)cn23)n(C)c1=O. The Labute approximate surface area is 184 Å². The van der Waals surface area contributed by atoms with Crippen molar-refractivity contribution in [2.45, 2.75) is 0 Å². The highest BCUT2D eigenvalue weighted by Gasteiger charge is 2.22. The summed E-state index contributed by atoms with van der Waals surface area (Å²) >= 11 is 6.49. The van der Waals surface area contributed by atoms with E-state index in [0.717, 1.165) is 4.57 Å². The maximum Gasteiger partial charge on any atom is 0.332 e. The van der Waals surface area contributed by atoms with Crippen molar-refractivity contribution in [3.05, 3.63) is 90.7 Å². The number of nitro benzene ring substituents is 1. The van der Waals surface area contributed by atoms with Crippen LogP contribution < -0.4 is 11.2 Å². The van der Waals surface area contributed by atoms with Crippen LogP contribution in [0, 0.1) is 10.1 Å². The van der Waals surface area contributed by atoms with E-state index < -0.39 is 16.2 Å². The average molecular weight is 451 g/mol. The number of para-hydroxylation sites is 1. The zero-order valence-electron chi connectivity index (χ0n) is 16.9. The van der Waals surface area contributed by atoms with E-state index in [1.807, 2.05) is 6.07 Å². The van der Waals surface area contributed by atoms with E-state index in [-0.39, 0.29) is 16.9 Å². The normalized spacial score (nSPS) is 11.5. The molecule has 0 atom stereocenters. The third-order valence-corrected chi connectivity index (χ3v) is 5.75. The van der Waals surface area contributed by atoms with Crippen LogP contribution in [0.5, 0.6) is 0 Å². The fourth-order valence-electron chi connectivity index (χ4n) is 3.80. The molecular weight excluding hydrogens is 436 g/mol. The van der Waals surface area contributed by atoms with Gasteiger partial charge in [0.1, 0.15) is 0 Å². The number of imidazole rings is 2. The Kier molecular flexibility index (Phi) is 4.28. The van der Waals surface area contributed by atoms with Crippen molar-refractivity contribution in [2.75, 3.05) is 0 Å². The molecule has 11 heteroatoms. The first-order chi connectivity index (χ1) is 15.3. The molecule has 0 aliphatic heterocycles. The maximum absolute atomic E-state index is 12.9. The molecule has 0 spiro atoms. The largest absolute Gasteiger partial charge is 0.332 e. The van der Waals surface area contributed by atoms with E-state index in [1.54, 1.807) is 52.5 Å². The summed E-state index contributed by atoms with van der Waals surface area (Å²) < 4.78 is 5.70. The molecule has 10 nitrogen and oxygen atoms in total. The van der Waals surface area contributed by atoms with Crippen LogP contribution >= 0.6 is 11.6 Å². The lowest BCUT2D eigenvalue weighted by molar-refractivity contribution is -0.384. The Morgan fingerprint density at radius 2 is 1.69 bits per heavy atom. The van der Waals surface area contributed by atoms with Gasteiger partial charge in [-0.2, -0.15) is 4.98 Å². The van der Waals surface area contributed by atoms with Crippen molar-refractivity contribution in [3.63, 3.8) is 0 Å². The Bertz CT molecular complexity index is 1670. The first-order valence-corrected chi connectivity index (χ1v) is 9.86. The molecule has 160 valence electrons. The fourth-order valence-corrected chi connectivity index (χ4v) is 4.02. The zero-order valence-corrected chi connectivity index (χ0v) is 17.6. The van der Waals surface area contributed by atoms with Gasteiger partial charge in [-0.1, -0.05) is 23.7 Å². The van der Waals surface area contributed by atoms with Crippen LogP contribution in [0.15, 0.2) is 64.3 Å². The predicted molar refractivity (Wildman–Crippen MR) is 120 cm³/mol. The minimum atomic E-state index is -0.484. The highest BCUT2D eigenvalue weighted by molar-refractivity contribution is 6.32. The highest BCUT2D eigenvalue weighted by atomic mass is 35.5. The van der Waals surface area contributed by atoms with Gasteiger partial charge in [-0.15, -0.1) is 0 Å². The van der Waals surface area contributed by atoms with Gasteiger partial charge >= 0.3 is 5.69 Å². The lowest BCUT2D eigenvalue weighted by Crippen LogP contribution is -2.37. The van der Waals surface area contributed by atoms with Gasteiger partial charge in [0, 0.05) is 38.0 Å². The van der Waals surface area contributed by atoms with Crippen LogP contribution in [0.3, 0.4) is 0 Å². The van der Waals surface area contributed by atoms with Crippen molar-refractivity contribution in [2.24, 2.45) is 14.1 Å². The first kappa shape index (κ1) is 19.8. The van der Waals surface area contributed by atoms with Crippen LogP contribution in [0.25, 0.3) is 33.9 Å². The molecule has 3 aromatic heterocycles. The van der Waals surface area contributed by atoms with E-state index in [1.165, 1.54) is 23.7 Å². The number of aryl methyl sites for hydroxylation is 1. The van der Waals surface area contributed by atoms with Gasteiger partial charge in [0.25, 0.3) is 11.2 Å². The van der Waals surface area contributed by atoms with Crippen molar-refractivity contribution < 1.29 is 4.92 Å². The number of nitro groups is 1. The number of aromatic nitrogens is 5. The average Bonchev–Trinajstić information content (AvgIpc) is 3.33. The molecule has 0 amide bonds. The van der Waals surface area contributed by atoms with Crippen LogP contribution in [-0.4, -0.2) is 28.0 Å². The molecular formula is C21H15ClN6O4. The number of nitrogens with zero attached hydrogens (tertiary/aromatic N) is 6. The first-order valence-electron chi connectivity index (χ1n) is 9.49. The lowest BCUT2D eigenvalue weighted by Gasteiger charge is -2.10. The Balaban J connectivity index is 1.93. The molecule has 0 aliphatic carbocycles. The van der Waals surface area contributed by atoms with Crippen molar-refractivity contribution in [1.82, 2.24) is 23.1 Å². The second-order valence-electron chi connectivity index (χ2n) is 7.26. The molecule has 5 rings (SSSR count). The van der Waals surface area contributed by atoms with Crippen LogP contribution in [0.2, 0.25) is 5.02 Å². The quantitative estimate of drug-likeness (QED) is 0.310. The van der Waals surface area contributed by atoms with Crippen molar-refractivity contribution >= 4 is 34.2 Å². The van der Waals surface area contributed by atoms with Gasteiger partial charge in [-0.05, 0) is 24.3 Å². The van der Waals surface area contributed by atoms with Crippen LogP contribution in [-0.2, 0) is 14.1 Å². The summed E-state index contributed by atoms with van der Waals surface area (Å²) in [5.41, 5.74) is 1.36. The van der Waals surface area contributed by atoms with E-state index in [9.17, 15) is 19.7 Å². The molecule has 0 saturated carbocycles. The summed E-state index contributed by atoms with van der Waals surface area (Å²) in [4.78, 5) is 40.5. The number of non-ortho nitro benzene ring substituents is 1. The second-order valence-corrected chi connectivity index (χ2v) is 7.67. The fraction of sp³-hybridized carbons (Fsp3) is 0.0952. The Morgan fingerprint density at radius 3 is 2.34 bits per heavy atom. The second kappa shape index (κ2) is 6.92. The molecule has 0 saturated heterocycles. The summed E-state index contributed by atoms with van der Waals surface area (Å²) in [5, 5.41) is 11.5. The molecule has 0 bridgehead atoms. The summed E-state index contributed by atoms with van der Waals surface area (Å²) in [7, 11) is 2.96. The molecule has 0 N–H and O–H groups in total. The summed E-state index contributed by atoms with van der Waals surface area (Å²) in [5.74, 6) is 0.375. The van der Waals surface area contributed by atoms with E-state index in [2.05, 4.69) is 4.98 Å². The van der Waals surface area contributed by atoms with E-state index >= 15 is 0 Å². The van der Waals surface area contributed by atoms with Crippen LogP contribution in [0.4, 0.5) is 5.69 Å². The van der Waals surface area contributed by atoms with E-state index in [0.29, 0.717) is 27.7 Å². The number of halogens is 1. The van der Waals surface area contributed by atoms with Gasteiger partial charge in [-0.3, -0.25) is 33.0 Å². The van der Waals surface area contributed by atoms with Gasteiger partial charge in [0.05, 0.1) is 21.3 Å². The number of hydrogen-bond donors (Lipinski definition) is 0. The van der Waals surface area contributed by atoms with Crippen LogP contribution in [0.1, 0.15) is 0 Å². The molecule has 3 heterocycles. The Hall–Kier alpha value is -4.18. The summed E-state index contributed by atoms with van der Waals surface area (Å²) in [6.45, 7) is 0. The molecule has 0 aliphatic rings.